The second kappa shape index (κ2) is 6.59. The van der Waals surface area contributed by atoms with Crippen molar-refractivity contribution in [2.24, 2.45) is 0 Å². The highest BCUT2D eigenvalue weighted by Crippen LogP contribution is 2.29. The predicted octanol–water partition coefficient (Wildman–Crippen LogP) is 4.16. The van der Waals surface area contributed by atoms with Crippen LogP contribution in [0.2, 0.25) is 5.02 Å². The summed E-state index contributed by atoms with van der Waals surface area (Å²) in [4.78, 5) is 8.69. The molecule has 2 aromatic carbocycles. The summed E-state index contributed by atoms with van der Waals surface area (Å²) < 4.78 is 1.72. The number of nitrogens with zero attached hydrogens (tertiary/aromatic N) is 5. The van der Waals surface area contributed by atoms with E-state index in [1.54, 1.807) is 22.8 Å². The molecule has 7 heteroatoms. The van der Waals surface area contributed by atoms with Crippen LogP contribution >= 0.6 is 23.4 Å². The minimum atomic E-state index is 0.692. The van der Waals surface area contributed by atoms with Gasteiger partial charge in [-0.3, -0.25) is 0 Å². The number of fused-ring (bicyclic) bond motifs is 1. The number of halogens is 1. The maximum Gasteiger partial charge on any atom is 0.187 e. The molecular weight excluding hydrogens is 342 g/mol. The molecule has 4 aromatic rings. The van der Waals surface area contributed by atoms with Gasteiger partial charge in [-0.15, -0.1) is 5.10 Å². The second-order valence-electron chi connectivity index (χ2n) is 5.07. The Hall–Kier alpha value is -2.44. The number of benzene rings is 2. The molecule has 24 heavy (non-hydrogen) atoms. The Morgan fingerprint density at radius 3 is 2.58 bits per heavy atom. The first-order valence-corrected chi connectivity index (χ1v) is 8.67. The van der Waals surface area contributed by atoms with Crippen LogP contribution in [-0.2, 0) is 5.75 Å². The number of thioether (sulfide) groups is 1. The fraction of sp³-hybridized carbons (Fsp3) is 0.0588. The van der Waals surface area contributed by atoms with Gasteiger partial charge in [-0.05, 0) is 23.8 Å². The van der Waals surface area contributed by atoms with Crippen molar-refractivity contribution < 1.29 is 0 Å². The Morgan fingerprint density at radius 2 is 1.75 bits per heavy atom. The van der Waals surface area contributed by atoms with Gasteiger partial charge in [0.05, 0.1) is 5.69 Å². The molecule has 0 saturated heterocycles. The lowest BCUT2D eigenvalue weighted by molar-refractivity contribution is 0.817. The molecule has 2 heterocycles. The van der Waals surface area contributed by atoms with Gasteiger partial charge in [0.25, 0.3) is 0 Å². The van der Waals surface area contributed by atoms with E-state index in [0.717, 1.165) is 21.3 Å². The van der Waals surface area contributed by atoms with E-state index in [0.29, 0.717) is 16.9 Å². The van der Waals surface area contributed by atoms with Crippen molar-refractivity contribution >= 4 is 34.5 Å². The Kier molecular flexibility index (Phi) is 4.15. The number of rotatable bonds is 4. The minimum absolute atomic E-state index is 0.692. The lowest BCUT2D eigenvalue weighted by atomic mass is 10.2. The summed E-state index contributed by atoms with van der Waals surface area (Å²) in [5.74, 6) is 0.712. The third-order valence-corrected chi connectivity index (χ3v) is 4.92. The van der Waals surface area contributed by atoms with Gasteiger partial charge in [-0.1, -0.05) is 65.0 Å². The van der Waals surface area contributed by atoms with E-state index in [-0.39, 0.29) is 0 Å². The monoisotopic (exact) mass is 353 g/mol. The molecule has 0 aliphatic heterocycles. The molecule has 0 aliphatic rings. The smallest absolute Gasteiger partial charge is 0.187 e. The molecule has 2 aromatic heterocycles. The molecule has 0 saturated carbocycles. The fourth-order valence-electron chi connectivity index (χ4n) is 2.34. The van der Waals surface area contributed by atoms with Crippen LogP contribution in [0.3, 0.4) is 0 Å². The van der Waals surface area contributed by atoms with Crippen molar-refractivity contribution in [3.05, 3.63) is 71.5 Å². The lowest BCUT2D eigenvalue weighted by Gasteiger charge is -2.04. The molecule has 0 unspecified atom stereocenters. The molecule has 0 aliphatic carbocycles. The molecule has 0 atom stereocenters. The van der Waals surface area contributed by atoms with Crippen molar-refractivity contribution in [3.8, 4) is 5.69 Å². The minimum Gasteiger partial charge on any atom is -0.227 e. The number of hydrogen-bond donors (Lipinski definition) is 0. The van der Waals surface area contributed by atoms with Crippen LogP contribution in [0.25, 0.3) is 16.9 Å². The van der Waals surface area contributed by atoms with Gasteiger partial charge < -0.3 is 0 Å². The van der Waals surface area contributed by atoms with E-state index in [2.05, 4.69) is 20.3 Å². The number of aromatic nitrogens is 5. The summed E-state index contributed by atoms with van der Waals surface area (Å²) in [6.07, 6.45) is 1.54. The van der Waals surface area contributed by atoms with Gasteiger partial charge in [0.2, 0.25) is 0 Å². The second-order valence-corrected chi connectivity index (χ2v) is 6.44. The Morgan fingerprint density at radius 1 is 0.958 bits per heavy atom. The summed E-state index contributed by atoms with van der Waals surface area (Å²) >= 11 is 7.79. The SMILES string of the molecule is Clc1ccccc1CSc1ncnc2c1nnn2-c1ccccc1. The zero-order valence-electron chi connectivity index (χ0n) is 12.5. The Labute approximate surface area is 147 Å². The van der Waals surface area contributed by atoms with E-state index in [4.69, 9.17) is 11.6 Å². The van der Waals surface area contributed by atoms with Crippen molar-refractivity contribution in [1.29, 1.82) is 0 Å². The van der Waals surface area contributed by atoms with E-state index in [9.17, 15) is 0 Å². The number of para-hydroxylation sites is 1. The average molecular weight is 354 g/mol. The van der Waals surface area contributed by atoms with Crippen molar-refractivity contribution in [1.82, 2.24) is 25.0 Å². The Bertz CT molecular complexity index is 987. The van der Waals surface area contributed by atoms with Crippen molar-refractivity contribution in [3.63, 3.8) is 0 Å². The van der Waals surface area contributed by atoms with E-state index >= 15 is 0 Å². The van der Waals surface area contributed by atoms with Crippen molar-refractivity contribution in [2.75, 3.05) is 0 Å². The normalized spacial score (nSPS) is 11.0. The first-order chi connectivity index (χ1) is 11.8. The van der Waals surface area contributed by atoms with Gasteiger partial charge in [-0.25, -0.2) is 9.97 Å². The van der Waals surface area contributed by atoms with Crippen LogP contribution in [0.4, 0.5) is 0 Å². The quantitative estimate of drug-likeness (QED) is 0.407. The predicted molar refractivity (Wildman–Crippen MR) is 95.5 cm³/mol. The highest BCUT2D eigenvalue weighted by atomic mass is 35.5. The van der Waals surface area contributed by atoms with E-state index in [1.807, 2.05) is 54.6 Å². The lowest BCUT2D eigenvalue weighted by Crippen LogP contribution is -1.97. The number of hydrogen-bond acceptors (Lipinski definition) is 5. The van der Waals surface area contributed by atoms with Crippen LogP contribution in [0.15, 0.2) is 66.0 Å². The summed E-state index contributed by atoms with van der Waals surface area (Å²) in [5, 5.41) is 10.0. The Balaban J connectivity index is 1.68. The highest BCUT2D eigenvalue weighted by Gasteiger charge is 2.13. The average Bonchev–Trinajstić information content (AvgIpc) is 3.06. The first-order valence-electron chi connectivity index (χ1n) is 7.31. The topological polar surface area (TPSA) is 56.5 Å². The zero-order valence-corrected chi connectivity index (χ0v) is 14.1. The van der Waals surface area contributed by atoms with Gasteiger partial charge >= 0.3 is 0 Å². The summed E-state index contributed by atoms with van der Waals surface area (Å²) in [5.41, 5.74) is 3.36. The maximum atomic E-state index is 6.21. The third-order valence-electron chi connectivity index (χ3n) is 3.53. The fourth-order valence-corrected chi connectivity index (χ4v) is 3.55. The van der Waals surface area contributed by atoms with Gasteiger partial charge in [-0.2, -0.15) is 4.68 Å². The molecule has 0 radical (unpaired) electrons. The molecule has 118 valence electrons. The molecule has 5 nitrogen and oxygen atoms in total. The van der Waals surface area contributed by atoms with Crippen LogP contribution in [-0.4, -0.2) is 25.0 Å². The van der Waals surface area contributed by atoms with Crippen molar-refractivity contribution in [2.45, 2.75) is 10.8 Å². The van der Waals surface area contributed by atoms with E-state index in [1.165, 1.54) is 0 Å². The van der Waals surface area contributed by atoms with Crippen LogP contribution in [0, 0.1) is 0 Å². The molecule has 0 N–H and O–H groups in total. The molecule has 0 spiro atoms. The van der Waals surface area contributed by atoms with Crippen LogP contribution < -0.4 is 0 Å². The molecule has 0 fully saturated rings. The molecular formula is C17H12ClN5S. The summed E-state index contributed by atoms with van der Waals surface area (Å²) in [6, 6.07) is 17.6. The summed E-state index contributed by atoms with van der Waals surface area (Å²) in [7, 11) is 0. The maximum absolute atomic E-state index is 6.21. The zero-order chi connectivity index (χ0) is 16.4. The first kappa shape index (κ1) is 15.1. The van der Waals surface area contributed by atoms with E-state index < -0.39 is 0 Å². The van der Waals surface area contributed by atoms with Gasteiger partial charge in [0.15, 0.2) is 11.2 Å². The largest absolute Gasteiger partial charge is 0.227 e. The standard InChI is InChI=1S/C17H12ClN5S/c18-14-9-5-4-6-12(14)10-24-17-15-16(19-11-20-17)23(22-21-15)13-7-2-1-3-8-13/h1-9,11H,10H2. The highest BCUT2D eigenvalue weighted by molar-refractivity contribution is 7.98. The third kappa shape index (κ3) is 2.86. The van der Waals surface area contributed by atoms with Gasteiger partial charge in [0.1, 0.15) is 11.4 Å². The van der Waals surface area contributed by atoms with Crippen LogP contribution in [0.5, 0.6) is 0 Å². The summed E-state index contributed by atoms with van der Waals surface area (Å²) in [6.45, 7) is 0. The molecule has 0 amide bonds. The van der Waals surface area contributed by atoms with Gasteiger partial charge in [0, 0.05) is 10.8 Å². The molecule has 4 rings (SSSR count). The van der Waals surface area contributed by atoms with Crippen LogP contribution in [0.1, 0.15) is 5.56 Å². The molecule has 0 bridgehead atoms.